The number of amides is 1. The minimum absolute atomic E-state index is 0.0297. The minimum Gasteiger partial charge on any atom is -0.435 e. The maximum absolute atomic E-state index is 12.2. The Morgan fingerprint density at radius 3 is 2.28 bits per heavy atom. The number of alkyl halides is 2. The Morgan fingerprint density at radius 1 is 1.16 bits per heavy atom. The second-order valence-corrected chi connectivity index (χ2v) is 5.48. The number of benzene rings is 2. The number of hydrogen-bond donors (Lipinski definition) is 1. The van der Waals surface area contributed by atoms with Gasteiger partial charge in [0.15, 0.2) is 0 Å². The molecular weight excluding hydrogens is 373 g/mol. The number of carbonyl (C=O) groups is 1. The first kappa shape index (κ1) is 18.7. The summed E-state index contributed by atoms with van der Waals surface area (Å²) in [7, 11) is 0. The lowest BCUT2D eigenvalue weighted by molar-refractivity contribution is -0.112. The average Bonchev–Trinajstić information content (AvgIpc) is 2.57. The zero-order valence-corrected chi connectivity index (χ0v) is 14.0. The molecule has 4 nitrogen and oxygen atoms in total. The predicted octanol–water partition coefficient (Wildman–Crippen LogP) is 5.14. The zero-order valence-electron chi connectivity index (χ0n) is 12.5. The second-order valence-electron chi connectivity index (χ2n) is 4.67. The van der Waals surface area contributed by atoms with Crippen molar-refractivity contribution in [2.24, 2.45) is 0 Å². The van der Waals surface area contributed by atoms with Gasteiger partial charge in [-0.2, -0.15) is 14.0 Å². The van der Waals surface area contributed by atoms with Gasteiger partial charge in [0.1, 0.15) is 17.4 Å². The molecule has 0 fully saturated rings. The third-order valence-corrected chi connectivity index (χ3v) is 3.61. The van der Waals surface area contributed by atoms with Crippen LogP contribution in [0.2, 0.25) is 10.0 Å². The van der Waals surface area contributed by atoms with Crippen molar-refractivity contribution in [2.75, 3.05) is 5.32 Å². The Kier molecular flexibility index (Phi) is 6.34. The average molecular weight is 383 g/mol. The van der Waals surface area contributed by atoms with E-state index in [2.05, 4.69) is 10.1 Å². The van der Waals surface area contributed by atoms with E-state index in [1.54, 1.807) is 24.3 Å². The molecule has 0 aliphatic heterocycles. The van der Waals surface area contributed by atoms with Crippen LogP contribution in [0.4, 0.5) is 14.5 Å². The quantitative estimate of drug-likeness (QED) is 0.575. The van der Waals surface area contributed by atoms with Crippen molar-refractivity contribution in [1.82, 2.24) is 0 Å². The molecule has 0 bridgehead atoms. The summed E-state index contributed by atoms with van der Waals surface area (Å²) < 4.78 is 28.4. The first-order chi connectivity index (χ1) is 11.9. The lowest BCUT2D eigenvalue weighted by atomic mass is 10.1. The summed E-state index contributed by atoms with van der Waals surface area (Å²) in [5.74, 6) is -0.733. The number of para-hydroxylation sites is 1. The van der Waals surface area contributed by atoms with Crippen molar-refractivity contribution in [3.05, 3.63) is 63.6 Å². The van der Waals surface area contributed by atoms with Crippen LogP contribution in [0.15, 0.2) is 48.0 Å². The van der Waals surface area contributed by atoms with Crippen LogP contribution in [0.3, 0.4) is 0 Å². The number of halogens is 4. The first-order valence-corrected chi connectivity index (χ1v) is 7.58. The maximum Gasteiger partial charge on any atom is 0.387 e. The van der Waals surface area contributed by atoms with E-state index in [0.29, 0.717) is 5.56 Å². The van der Waals surface area contributed by atoms with E-state index in [1.807, 2.05) is 0 Å². The number of nitrogens with one attached hydrogen (secondary N) is 1. The molecule has 0 radical (unpaired) electrons. The SMILES string of the molecule is N#C/C(=C\c1ccc(OC(F)F)cc1)C(=O)Nc1c(Cl)cccc1Cl. The lowest BCUT2D eigenvalue weighted by Gasteiger charge is -2.08. The molecule has 0 saturated heterocycles. The van der Waals surface area contributed by atoms with Crippen LogP contribution >= 0.6 is 23.2 Å². The molecule has 0 aliphatic rings. The number of nitriles is 1. The predicted molar refractivity (Wildman–Crippen MR) is 91.8 cm³/mol. The highest BCUT2D eigenvalue weighted by atomic mass is 35.5. The normalized spacial score (nSPS) is 11.1. The number of rotatable bonds is 5. The van der Waals surface area contributed by atoms with E-state index >= 15 is 0 Å². The van der Waals surface area contributed by atoms with Crippen molar-refractivity contribution in [2.45, 2.75) is 6.61 Å². The molecule has 0 unspecified atom stereocenters. The molecule has 1 N–H and O–H groups in total. The fourth-order valence-electron chi connectivity index (χ4n) is 1.86. The maximum atomic E-state index is 12.2. The summed E-state index contributed by atoms with van der Waals surface area (Å²) in [6.45, 7) is -2.93. The highest BCUT2D eigenvalue weighted by molar-refractivity contribution is 6.40. The van der Waals surface area contributed by atoms with Gasteiger partial charge in [-0.15, -0.1) is 0 Å². The van der Waals surface area contributed by atoms with Crippen LogP contribution in [0.1, 0.15) is 5.56 Å². The van der Waals surface area contributed by atoms with E-state index in [0.717, 1.165) is 0 Å². The van der Waals surface area contributed by atoms with Gasteiger partial charge >= 0.3 is 6.61 Å². The van der Waals surface area contributed by atoms with Crippen molar-refractivity contribution in [1.29, 1.82) is 5.26 Å². The Morgan fingerprint density at radius 2 is 1.76 bits per heavy atom. The van der Waals surface area contributed by atoms with Crippen LogP contribution in [0.25, 0.3) is 6.08 Å². The van der Waals surface area contributed by atoms with Crippen LogP contribution < -0.4 is 10.1 Å². The van der Waals surface area contributed by atoms with Gasteiger partial charge in [0.2, 0.25) is 0 Å². The Balaban J connectivity index is 2.19. The summed E-state index contributed by atoms with van der Waals surface area (Å²) in [6.07, 6.45) is 1.30. The van der Waals surface area contributed by atoms with Gasteiger partial charge in [0.25, 0.3) is 5.91 Å². The molecule has 0 saturated carbocycles. The van der Waals surface area contributed by atoms with Gasteiger partial charge in [0, 0.05) is 0 Å². The van der Waals surface area contributed by atoms with Crippen molar-refractivity contribution in [3.8, 4) is 11.8 Å². The second kappa shape index (κ2) is 8.47. The van der Waals surface area contributed by atoms with Gasteiger partial charge in [-0.1, -0.05) is 41.4 Å². The topological polar surface area (TPSA) is 62.1 Å². The summed E-state index contributed by atoms with van der Waals surface area (Å²) in [5.41, 5.74) is 0.440. The molecule has 1 amide bonds. The molecule has 8 heteroatoms. The van der Waals surface area contributed by atoms with Crippen LogP contribution in [-0.2, 0) is 4.79 Å². The number of anilines is 1. The van der Waals surface area contributed by atoms with E-state index in [9.17, 15) is 18.8 Å². The largest absolute Gasteiger partial charge is 0.435 e. The van der Waals surface area contributed by atoms with E-state index in [-0.39, 0.29) is 27.1 Å². The molecule has 0 heterocycles. The Hall–Kier alpha value is -2.62. The fourth-order valence-corrected chi connectivity index (χ4v) is 2.35. The third-order valence-electron chi connectivity index (χ3n) is 2.98. The number of ether oxygens (including phenoxy) is 1. The van der Waals surface area contributed by atoms with E-state index in [4.69, 9.17) is 23.2 Å². The Labute approximate surface area is 152 Å². The Bertz CT molecular complexity index is 826. The smallest absolute Gasteiger partial charge is 0.387 e. The van der Waals surface area contributed by atoms with E-state index < -0.39 is 12.5 Å². The molecule has 2 aromatic carbocycles. The first-order valence-electron chi connectivity index (χ1n) is 6.82. The third kappa shape index (κ3) is 5.18. The number of nitrogens with zero attached hydrogens (tertiary/aromatic N) is 1. The number of hydrogen-bond acceptors (Lipinski definition) is 3. The molecule has 25 heavy (non-hydrogen) atoms. The van der Waals surface area contributed by atoms with Crippen molar-refractivity contribution >= 4 is 40.9 Å². The standard InChI is InChI=1S/C17H10Cl2F2N2O2/c18-13-2-1-3-14(19)15(13)23-16(24)11(9-22)8-10-4-6-12(7-5-10)25-17(20)21/h1-8,17H,(H,23,24)/b11-8+. The van der Waals surface area contributed by atoms with Gasteiger partial charge in [0.05, 0.1) is 15.7 Å². The molecule has 2 aromatic rings. The molecule has 0 aliphatic carbocycles. The molecule has 128 valence electrons. The summed E-state index contributed by atoms with van der Waals surface area (Å²) in [6, 6.07) is 11.9. The van der Waals surface area contributed by atoms with E-state index in [1.165, 1.54) is 30.3 Å². The monoisotopic (exact) mass is 382 g/mol. The molecule has 0 aromatic heterocycles. The summed E-state index contributed by atoms with van der Waals surface area (Å²) in [4.78, 5) is 12.2. The van der Waals surface area contributed by atoms with Gasteiger partial charge in [-0.3, -0.25) is 4.79 Å². The molecule has 0 atom stereocenters. The van der Waals surface area contributed by atoms with Crippen LogP contribution in [-0.4, -0.2) is 12.5 Å². The van der Waals surface area contributed by atoms with Gasteiger partial charge in [-0.05, 0) is 35.9 Å². The van der Waals surface area contributed by atoms with Gasteiger partial charge in [-0.25, -0.2) is 0 Å². The fraction of sp³-hybridized carbons (Fsp3) is 0.0588. The van der Waals surface area contributed by atoms with Crippen LogP contribution in [0.5, 0.6) is 5.75 Å². The highest BCUT2D eigenvalue weighted by Gasteiger charge is 2.14. The zero-order chi connectivity index (χ0) is 18.4. The lowest BCUT2D eigenvalue weighted by Crippen LogP contribution is -2.14. The summed E-state index contributed by atoms with van der Waals surface area (Å²) >= 11 is 11.9. The van der Waals surface area contributed by atoms with Crippen molar-refractivity contribution in [3.63, 3.8) is 0 Å². The summed E-state index contributed by atoms with van der Waals surface area (Å²) in [5, 5.41) is 12.1. The number of carbonyl (C=O) groups excluding carboxylic acids is 1. The highest BCUT2D eigenvalue weighted by Crippen LogP contribution is 2.30. The van der Waals surface area contributed by atoms with Gasteiger partial charge < -0.3 is 10.1 Å². The molecule has 2 rings (SSSR count). The van der Waals surface area contributed by atoms with Crippen LogP contribution in [0, 0.1) is 11.3 Å². The minimum atomic E-state index is -2.93. The molecular formula is C17H10Cl2F2N2O2. The van der Waals surface area contributed by atoms with Crippen molar-refractivity contribution < 1.29 is 18.3 Å². The molecule has 0 spiro atoms.